The molecule has 2 nitrogen and oxygen atoms in total. The summed E-state index contributed by atoms with van der Waals surface area (Å²) >= 11 is 0. The zero-order valence-corrected chi connectivity index (χ0v) is 11.0. The highest BCUT2D eigenvalue weighted by molar-refractivity contribution is 5.91. The molecule has 0 spiro atoms. The first-order valence-electron chi connectivity index (χ1n) is 6.99. The van der Waals surface area contributed by atoms with Crippen LogP contribution < -0.4 is 5.73 Å². The summed E-state index contributed by atoms with van der Waals surface area (Å²) in [4.78, 5) is 12.3. The molecule has 3 rings (SSSR count). The number of carbonyl (C=O) groups is 1. The fourth-order valence-electron chi connectivity index (χ4n) is 3.09. The molecule has 1 aliphatic rings. The minimum Gasteiger partial charge on any atom is -0.328 e. The summed E-state index contributed by atoms with van der Waals surface area (Å²) in [6.45, 7) is 0. The van der Waals surface area contributed by atoms with Crippen LogP contribution in [0.1, 0.15) is 24.8 Å². The molecule has 0 bridgehead atoms. The van der Waals surface area contributed by atoms with Crippen LogP contribution in [0.15, 0.2) is 42.5 Å². The first kappa shape index (κ1) is 12.4. The lowest BCUT2D eigenvalue weighted by Crippen LogP contribution is -2.19. The SMILES string of the molecule is NC1CCC(C(=O)Cc2cccc3ccccc23)C1. The standard InChI is InChI=1S/C17H19NO/c18-15-9-8-14(10-15)17(19)11-13-6-3-5-12-4-1-2-7-16(12)13/h1-7,14-15H,8-11,18H2. The van der Waals surface area contributed by atoms with E-state index < -0.39 is 0 Å². The molecule has 0 amide bonds. The second-order valence-electron chi connectivity index (χ2n) is 5.55. The van der Waals surface area contributed by atoms with Gasteiger partial charge in [-0.2, -0.15) is 0 Å². The van der Waals surface area contributed by atoms with Crippen LogP contribution >= 0.6 is 0 Å². The molecule has 2 unspecified atom stereocenters. The van der Waals surface area contributed by atoms with Crippen LogP contribution in [0, 0.1) is 5.92 Å². The van der Waals surface area contributed by atoms with E-state index in [1.54, 1.807) is 0 Å². The van der Waals surface area contributed by atoms with Crippen LogP contribution in [0.3, 0.4) is 0 Å². The number of rotatable bonds is 3. The monoisotopic (exact) mass is 253 g/mol. The Labute approximate surface area is 113 Å². The van der Waals surface area contributed by atoms with Crippen molar-refractivity contribution >= 4 is 16.6 Å². The minimum atomic E-state index is 0.175. The third-order valence-corrected chi connectivity index (χ3v) is 4.17. The van der Waals surface area contributed by atoms with Gasteiger partial charge >= 0.3 is 0 Å². The molecule has 98 valence electrons. The van der Waals surface area contributed by atoms with Crippen molar-refractivity contribution < 1.29 is 4.79 Å². The molecule has 0 radical (unpaired) electrons. The number of carbonyl (C=O) groups excluding carboxylic acids is 1. The van der Waals surface area contributed by atoms with E-state index in [9.17, 15) is 4.79 Å². The van der Waals surface area contributed by atoms with E-state index in [0.717, 1.165) is 24.8 Å². The fourth-order valence-corrected chi connectivity index (χ4v) is 3.09. The van der Waals surface area contributed by atoms with Crippen molar-refractivity contribution in [3.63, 3.8) is 0 Å². The smallest absolute Gasteiger partial charge is 0.140 e. The minimum absolute atomic E-state index is 0.175. The van der Waals surface area contributed by atoms with Crippen molar-refractivity contribution in [2.45, 2.75) is 31.7 Å². The van der Waals surface area contributed by atoms with Gasteiger partial charge in [0.2, 0.25) is 0 Å². The van der Waals surface area contributed by atoms with Gasteiger partial charge in [0.1, 0.15) is 5.78 Å². The number of hydrogen-bond acceptors (Lipinski definition) is 2. The zero-order valence-electron chi connectivity index (χ0n) is 11.0. The second-order valence-corrected chi connectivity index (χ2v) is 5.55. The number of ketones is 1. The van der Waals surface area contributed by atoms with E-state index in [2.05, 4.69) is 24.3 Å². The summed E-state index contributed by atoms with van der Waals surface area (Å²) < 4.78 is 0. The summed E-state index contributed by atoms with van der Waals surface area (Å²) in [5.41, 5.74) is 7.04. The fraction of sp³-hybridized carbons (Fsp3) is 0.353. The molecule has 2 aromatic carbocycles. The lowest BCUT2D eigenvalue weighted by Gasteiger charge is -2.10. The van der Waals surface area contributed by atoms with Gasteiger partial charge in [-0.1, -0.05) is 42.5 Å². The number of fused-ring (bicyclic) bond motifs is 1. The quantitative estimate of drug-likeness (QED) is 0.913. The van der Waals surface area contributed by atoms with Crippen LogP contribution in [0.2, 0.25) is 0 Å². The molecule has 0 aliphatic heterocycles. The number of Topliss-reactive ketones (excluding diaryl/α,β-unsaturated/α-hetero) is 1. The van der Waals surface area contributed by atoms with Gasteiger partial charge in [0.15, 0.2) is 0 Å². The van der Waals surface area contributed by atoms with Gasteiger partial charge in [-0.3, -0.25) is 4.79 Å². The van der Waals surface area contributed by atoms with Crippen LogP contribution in [0.25, 0.3) is 10.8 Å². The molecule has 0 saturated heterocycles. The predicted molar refractivity (Wildman–Crippen MR) is 78.0 cm³/mol. The van der Waals surface area contributed by atoms with Crippen molar-refractivity contribution in [2.75, 3.05) is 0 Å². The van der Waals surface area contributed by atoms with E-state index in [1.807, 2.05) is 18.2 Å². The summed E-state index contributed by atoms with van der Waals surface area (Å²) in [5, 5.41) is 2.40. The maximum absolute atomic E-state index is 12.3. The van der Waals surface area contributed by atoms with Crippen molar-refractivity contribution in [3.8, 4) is 0 Å². The average molecular weight is 253 g/mol. The van der Waals surface area contributed by atoms with Crippen LogP contribution in [0.4, 0.5) is 0 Å². The predicted octanol–water partition coefficient (Wildman–Crippen LogP) is 3.08. The Balaban J connectivity index is 1.83. The number of benzene rings is 2. The molecule has 2 atom stereocenters. The van der Waals surface area contributed by atoms with Crippen LogP contribution in [0.5, 0.6) is 0 Å². The molecule has 1 aliphatic carbocycles. The number of nitrogens with two attached hydrogens (primary N) is 1. The van der Waals surface area contributed by atoms with E-state index in [-0.39, 0.29) is 12.0 Å². The van der Waals surface area contributed by atoms with Crippen molar-refractivity contribution in [2.24, 2.45) is 11.7 Å². The highest BCUT2D eigenvalue weighted by Gasteiger charge is 2.27. The molecule has 2 N–H and O–H groups in total. The first-order valence-corrected chi connectivity index (χ1v) is 6.99. The zero-order chi connectivity index (χ0) is 13.2. The van der Waals surface area contributed by atoms with E-state index >= 15 is 0 Å². The Kier molecular flexibility index (Phi) is 3.34. The largest absolute Gasteiger partial charge is 0.328 e. The Morgan fingerprint density at radius 2 is 1.89 bits per heavy atom. The van der Waals surface area contributed by atoms with Gasteiger partial charge in [0.05, 0.1) is 0 Å². The topological polar surface area (TPSA) is 43.1 Å². The molecule has 2 aromatic rings. The Bertz CT molecular complexity index is 600. The molecule has 1 saturated carbocycles. The summed E-state index contributed by atoms with van der Waals surface area (Å²) in [6, 6.07) is 14.7. The van der Waals surface area contributed by atoms with Gasteiger partial charge in [-0.15, -0.1) is 0 Å². The molecule has 19 heavy (non-hydrogen) atoms. The Hall–Kier alpha value is -1.67. The van der Waals surface area contributed by atoms with E-state index in [4.69, 9.17) is 5.73 Å². The van der Waals surface area contributed by atoms with E-state index in [1.165, 1.54) is 10.8 Å². The summed E-state index contributed by atoms with van der Waals surface area (Å²) in [7, 11) is 0. The summed E-state index contributed by atoms with van der Waals surface area (Å²) in [6.07, 6.45) is 3.36. The molecule has 0 heterocycles. The molecule has 0 aromatic heterocycles. The van der Waals surface area contributed by atoms with Crippen LogP contribution in [-0.4, -0.2) is 11.8 Å². The lowest BCUT2D eigenvalue weighted by molar-refractivity contribution is -0.122. The van der Waals surface area contributed by atoms with Gasteiger partial charge in [0.25, 0.3) is 0 Å². The average Bonchev–Trinajstić information content (AvgIpc) is 2.86. The van der Waals surface area contributed by atoms with Crippen LogP contribution in [-0.2, 0) is 11.2 Å². The van der Waals surface area contributed by atoms with Crippen molar-refractivity contribution in [1.29, 1.82) is 0 Å². The molecular weight excluding hydrogens is 234 g/mol. The second kappa shape index (κ2) is 5.14. The maximum atomic E-state index is 12.3. The molecular formula is C17H19NO. The Morgan fingerprint density at radius 3 is 2.68 bits per heavy atom. The lowest BCUT2D eigenvalue weighted by atomic mass is 9.93. The van der Waals surface area contributed by atoms with E-state index in [0.29, 0.717) is 12.2 Å². The highest BCUT2D eigenvalue weighted by atomic mass is 16.1. The third-order valence-electron chi connectivity index (χ3n) is 4.17. The van der Waals surface area contributed by atoms with Gasteiger partial charge in [-0.05, 0) is 35.6 Å². The van der Waals surface area contributed by atoms with Crippen molar-refractivity contribution in [1.82, 2.24) is 0 Å². The van der Waals surface area contributed by atoms with Crippen molar-refractivity contribution in [3.05, 3.63) is 48.0 Å². The maximum Gasteiger partial charge on any atom is 0.140 e. The normalized spacial score (nSPS) is 22.8. The molecule has 2 heteroatoms. The third kappa shape index (κ3) is 2.54. The highest BCUT2D eigenvalue weighted by Crippen LogP contribution is 2.27. The van der Waals surface area contributed by atoms with Gasteiger partial charge in [0, 0.05) is 18.4 Å². The molecule has 1 fully saturated rings. The van der Waals surface area contributed by atoms with Gasteiger partial charge < -0.3 is 5.73 Å². The van der Waals surface area contributed by atoms with Gasteiger partial charge in [-0.25, -0.2) is 0 Å². The Morgan fingerprint density at radius 1 is 1.11 bits per heavy atom. The summed E-state index contributed by atoms with van der Waals surface area (Å²) in [5.74, 6) is 0.526. The number of hydrogen-bond donors (Lipinski definition) is 1. The first-order chi connectivity index (χ1) is 9.24.